The topological polar surface area (TPSA) is 3.24 Å². The summed E-state index contributed by atoms with van der Waals surface area (Å²) in [6, 6.07) is 10.8. The fraction of sp³-hybridized carbons (Fsp3) is 0.500. The van der Waals surface area contributed by atoms with Crippen molar-refractivity contribution < 1.29 is 0 Å². The monoisotopic (exact) mass is 200 g/mol. The van der Waals surface area contributed by atoms with Crippen LogP contribution in [0.1, 0.15) is 25.3 Å². The average molecular weight is 200 g/mol. The van der Waals surface area contributed by atoms with Crippen molar-refractivity contribution in [1.29, 1.82) is 0 Å². The van der Waals surface area contributed by atoms with E-state index in [0.29, 0.717) is 5.41 Å². The summed E-state index contributed by atoms with van der Waals surface area (Å²) >= 11 is 0. The zero-order chi connectivity index (χ0) is 10.3. The molecule has 3 rings (SSSR count). The van der Waals surface area contributed by atoms with Crippen molar-refractivity contribution in [3.05, 3.63) is 41.8 Å². The van der Waals surface area contributed by atoms with Gasteiger partial charge in [-0.15, -0.1) is 0 Å². The smallest absolute Gasteiger partial charge is 0.0234 e. The van der Waals surface area contributed by atoms with Crippen molar-refractivity contribution >= 4 is 0 Å². The van der Waals surface area contributed by atoms with Gasteiger partial charge in [0.15, 0.2) is 0 Å². The van der Waals surface area contributed by atoms with Crippen LogP contribution in [0.5, 0.6) is 0 Å². The molecule has 0 bridgehead atoms. The summed E-state index contributed by atoms with van der Waals surface area (Å²) in [5.41, 5.74) is 2.16. The Bertz CT molecular complexity index is 330. The van der Waals surface area contributed by atoms with Gasteiger partial charge in [-0.3, -0.25) is 4.90 Å². The van der Waals surface area contributed by atoms with Crippen LogP contribution in [0.3, 0.4) is 0 Å². The van der Waals surface area contributed by atoms with Crippen molar-refractivity contribution in [2.75, 3.05) is 13.1 Å². The van der Waals surface area contributed by atoms with E-state index in [0.717, 1.165) is 6.54 Å². The van der Waals surface area contributed by atoms with Gasteiger partial charge in [-0.25, -0.2) is 0 Å². The molecule has 2 fully saturated rings. The summed E-state index contributed by atoms with van der Waals surface area (Å²) in [5.74, 6) is 1.70. The predicted molar refractivity (Wildman–Crippen MR) is 62.3 cm³/mol. The highest BCUT2D eigenvalue weighted by molar-refractivity contribution is 5.19. The SMILES string of the molecule is C[C]1CC2(C1)CN(Cc1ccccc1)C2. The summed E-state index contributed by atoms with van der Waals surface area (Å²) in [7, 11) is 0. The second-order valence-corrected chi connectivity index (χ2v) is 5.44. The van der Waals surface area contributed by atoms with Crippen LogP contribution in [-0.4, -0.2) is 18.0 Å². The van der Waals surface area contributed by atoms with E-state index in [4.69, 9.17) is 0 Å². The molecule has 1 aliphatic heterocycles. The first-order valence-corrected chi connectivity index (χ1v) is 5.83. The van der Waals surface area contributed by atoms with Crippen molar-refractivity contribution in [3.63, 3.8) is 0 Å². The lowest BCUT2D eigenvalue weighted by atomic mass is 9.58. The number of hydrogen-bond acceptors (Lipinski definition) is 1. The fourth-order valence-corrected chi connectivity index (χ4v) is 3.31. The molecule has 0 N–H and O–H groups in total. The molecule has 1 heteroatoms. The molecule has 0 amide bonds. The molecule has 1 aromatic carbocycles. The molecule has 1 aromatic rings. The lowest BCUT2D eigenvalue weighted by Crippen LogP contribution is -2.60. The van der Waals surface area contributed by atoms with E-state index in [1.807, 2.05) is 0 Å². The molecule has 0 unspecified atom stereocenters. The molecular weight excluding hydrogens is 182 g/mol. The van der Waals surface area contributed by atoms with Crippen molar-refractivity contribution in [3.8, 4) is 0 Å². The summed E-state index contributed by atoms with van der Waals surface area (Å²) in [4.78, 5) is 2.57. The zero-order valence-electron chi connectivity index (χ0n) is 9.37. The number of nitrogens with zero attached hydrogens (tertiary/aromatic N) is 1. The highest BCUT2D eigenvalue weighted by atomic mass is 15.2. The summed E-state index contributed by atoms with van der Waals surface area (Å²) in [6.45, 7) is 6.07. The van der Waals surface area contributed by atoms with Crippen LogP contribution in [0.25, 0.3) is 0 Å². The molecule has 79 valence electrons. The van der Waals surface area contributed by atoms with Gasteiger partial charge in [0.05, 0.1) is 0 Å². The molecule has 15 heavy (non-hydrogen) atoms. The summed E-state index contributed by atoms with van der Waals surface area (Å²) in [6.07, 6.45) is 2.77. The first-order valence-electron chi connectivity index (χ1n) is 5.83. The molecule has 1 saturated heterocycles. The predicted octanol–water partition coefficient (Wildman–Crippen LogP) is 2.88. The Morgan fingerprint density at radius 3 is 2.40 bits per heavy atom. The number of likely N-dealkylation sites (tertiary alicyclic amines) is 1. The fourth-order valence-electron chi connectivity index (χ4n) is 3.31. The number of hydrogen-bond donors (Lipinski definition) is 0. The average Bonchev–Trinajstić information content (AvgIpc) is 2.14. The van der Waals surface area contributed by atoms with Gasteiger partial charge >= 0.3 is 0 Å². The van der Waals surface area contributed by atoms with E-state index >= 15 is 0 Å². The van der Waals surface area contributed by atoms with E-state index in [-0.39, 0.29) is 0 Å². The Labute approximate surface area is 92.1 Å². The van der Waals surface area contributed by atoms with Crippen LogP contribution >= 0.6 is 0 Å². The van der Waals surface area contributed by atoms with Gasteiger partial charge in [-0.2, -0.15) is 0 Å². The molecule has 1 nitrogen and oxygen atoms in total. The molecule has 1 spiro atoms. The molecular formula is C14H18N. The van der Waals surface area contributed by atoms with E-state index < -0.39 is 0 Å². The highest BCUT2D eigenvalue weighted by Gasteiger charge is 2.50. The van der Waals surface area contributed by atoms with Crippen molar-refractivity contribution in [2.45, 2.75) is 26.3 Å². The second kappa shape index (κ2) is 3.34. The van der Waals surface area contributed by atoms with Crippen molar-refractivity contribution in [1.82, 2.24) is 4.90 Å². The Hall–Kier alpha value is -0.820. The van der Waals surface area contributed by atoms with Crippen LogP contribution in [0.15, 0.2) is 30.3 Å². The Balaban J connectivity index is 1.52. The molecule has 1 heterocycles. The molecule has 0 atom stereocenters. The summed E-state index contributed by atoms with van der Waals surface area (Å²) in [5, 5.41) is 0. The van der Waals surface area contributed by atoms with Crippen molar-refractivity contribution in [2.24, 2.45) is 5.41 Å². The minimum atomic E-state index is 0.707. The third kappa shape index (κ3) is 1.69. The molecule has 2 aliphatic rings. The molecule has 1 saturated carbocycles. The minimum absolute atomic E-state index is 0.707. The Morgan fingerprint density at radius 1 is 1.13 bits per heavy atom. The lowest BCUT2D eigenvalue weighted by molar-refractivity contribution is -0.0500. The Kier molecular flexibility index (Phi) is 2.10. The molecule has 0 aromatic heterocycles. The minimum Gasteiger partial charge on any atom is -0.298 e. The van der Waals surface area contributed by atoms with Gasteiger partial charge < -0.3 is 0 Å². The highest BCUT2D eigenvalue weighted by Crippen LogP contribution is 2.52. The third-order valence-corrected chi connectivity index (χ3v) is 3.72. The maximum atomic E-state index is 2.57. The number of rotatable bonds is 2. The van der Waals surface area contributed by atoms with Crippen LogP contribution in [0, 0.1) is 11.3 Å². The van der Waals surface area contributed by atoms with Crippen LogP contribution < -0.4 is 0 Å². The van der Waals surface area contributed by atoms with E-state index in [1.54, 1.807) is 5.92 Å². The summed E-state index contributed by atoms with van der Waals surface area (Å²) < 4.78 is 0. The van der Waals surface area contributed by atoms with Gasteiger partial charge in [0.1, 0.15) is 0 Å². The first-order chi connectivity index (χ1) is 7.26. The van der Waals surface area contributed by atoms with Gasteiger partial charge in [-0.1, -0.05) is 37.3 Å². The molecule has 1 radical (unpaired) electrons. The van der Waals surface area contributed by atoms with Gasteiger partial charge in [0.25, 0.3) is 0 Å². The van der Waals surface area contributed by atoms with Crippen LogP contribution in [-0.2, 0) is 6.54 Å². The lowest BCUT2D eigenvalue weighted by Gasteiger charge is -2.58. The molecule has 1 aliphatic carbocycles. The number of benzene rings is 1. The largest absolute Gasteiger partial charge is 0.298 e. The van der Waals surface area contributed by atoms with Crippen LogP contribution in [0.4, 0.5) is 0 Å². The quantitative estimate of drug-likeness (QED) is 0.709. The third-order valence-electron chi connectivity index (χ3n) is 3.72. The first kappa shape index (κ1) is 9.41. The van der Waals surface area contributed by atoms with Gasteiger partial charge in [0, 0.05) is 19.6 Å². The van der Waals surface area contributed by atoms with Crippen LogP contribution in [0.2, 0.25) is 0 Å². The maximum absolute atomic E-state index is 2.57. The van der Waals surface area contributed by atoms with Gasteiger partial charge in [0.2, 0.25) is 0 Å². The van der Waals surface area contributed by atoms with E-state index in [9.17, 15) is 0 Å². The van der Waals surface area contributed by atoms with E-state index in [1.165, 1.54) is 31.5 Å². The van der Waals surface area contributed by atoms with Gasteiger partial charge in [-0.05, 0) is 29.7 Å². The maximum Gasteiger partial charge on any atom is 0.0234 e. The zero-order valence-corrected chi connectivity index (χ0v) is 9.37. The van der Waals surface area contributed by atoms with E-state index in [2.05, 4.69) is 42.2 Å². The normalized spacial score (nSPS) is 24.9. The standard InChI is InChI=1S/C14H18N/c1-12-7-14(8-12)10-15(11-14)9-13-5-3-2-4-6-13/h2-6H,7-11H2,1H3. The Morgan fingerprint density at radius 2 is 1.80 bits per heavy atom. The second-order valence-electron chi connectivity index (χ2n) is 5.44.